The summed E-state index contributed by atoms with van der Waals surface area (Å²) >= 11 is 0. The first-order chi connectivity index (χ1) is 11.8. The maximum Gasteiger partial charge on any atom is 0.254 e. The van der Waals surface area contributed by atoms with Gasteiger partial charge in [-0.2, -0.15) is 5.10 Å². The number of fused-ring (bicyclic) bond motifs is 1. The number of amides is 1. The fourth-order valence-electron chi connectivity index (χ4n) is 3.68. The van der Waals surface area contributed by atoms with Crippen LogP contribution in [0.5, 0.6) is 0 Å². The van der Waals surface area contributed by atoms with Gasteiger partial charge in [-0.3, -0.25) is 9.89 Å². The lowest BCUT2D eigenvalue weighted by Crippen LogP contribution is -2.29. The minimum absolute atomic E-state index is 0.0545. The lowest BCUT2D eigenvalue weighted by molar-refractivity contribution is 0.0788. The van der Waals surface area contributed by atoms with Gasteiger partial charge in [-0.05, 0) is 30.2 Å². The summed E-state index contributed by atoms with van der Waals surface area (Å²) < 4.78 is 0. The van der Waals surface area contributed by atoms with Gasteiger partial charge in [-0.1, -0.05) is 36.4 Å². The largest absolute Gasteiger partial charge is 0.338 e. The first-order valence-electron chi connectivity index (χ1n) is 8.24. The highest BCUT2D eigenvalue weighted by atomic mass is 16.2. The van der Waals surface area contributed by atoms with Crippen LogP contribution in [0.3, 0.4) is 0 Å². The van der Waals surface area contributed by atoms with Gasteiger partial charge in [0.15, 0.2) is 0 Å². The number of rotatable bonds is 3. The Kier molecular flexibility index (Phi) is 3.78. The smallest absolute Gasteiger partial charge is 0.254 e. The van der Waals surface area contributed by atoms with Crippen molar-refractivity contribution in [2.75, 3.05) is 19.6 Å². The van der Waals surface area contributed by atoms with Crippen molar-refractivity contribution in [3.05, 3.63) is 65.9 Å². The standard InChI is InChI=1S/C19H20N4O/c20-9-14-11-23(12-17(14)13-5-2-1-3-6-13)19(24)15-7-4-8-18-16(15)10-21-22-18/h1-8,10,14,17H,9,11-12,20H2,(H,21,22)/t14-,17+/m1/s1. The number of likely N-dealkylation sites (tertiary alicyclic amines) is 1. The molecule has 0 bridgehead atoms. The molecule has 1 aliphatic heterocycles. The molecule has 2 atom stereocenters. The molecule has 0 saturated carbocycles. The van der Waals surface area contributed by atoms with Crippen LogP contribution in [0, 0.1) is 5.92 Å². The molecule has 4 rings (SSSR count). The normalized spacial score (nSPS) is 20.6. The maximum atomic E-state index is 13.0. The van der Waals surface area contributed by atoms with Crippen LogP contribution in [0.25, 0.3) is 10.9 Å². The molecule has 1 aliphatic rings. The molecule has 1 aromatic heterocycles. The number of H-pyrrole nitrogens is 1. The number of hydrogen-bond acceptors (Lipinski definition) is 3. The van der Waals surface area contributed by atoms with Crippen LogP contribution >= 0.6 is 0 Å². The zero-order valence-electron chi connectivity index (χ0n) is 13.4. The van der Waals surface area contributed by atoms with Crippen molar-refractivity contribution >= 4 is 16.8 Å². The van der Waals surface area contributed by atoms with Gasteiger partial charge in [0.25, 0.3) is 5.91 Å². The number of carbonyl (C=O) groups is 1. The molecular weight excluding hydrogens is 300 g/mol. The topological polar surface area (TPSA) is 75.0 Å². The van der Waals surface area contributed by atoms with E-state index in [1.54, 1.807) is 6.20 Å². The monoisotopic (exact) mass is 320 g/mol. The molecule has 2 aromatic carbocycles. The van der Waals surface area contributed by atoms with Crippen molar-refractivity contribution in [1.29, 1.82) is 0 Å². The molecule has 2 heterocycles. The summed E-state index contributed by atoms with van der Waals surface area (Å²) in [7, 11) is 0. The van der Waals surface area contributed by atoms with E-state index in [4.69, 9.17) is 5.73 Å². The average molecular weight is 320 g/mol. The van der Waals surface area contributed by atoms with Crippen LogP contribution in [0.4, 0.5) is 0 Å². The molecule has 5 heteroatoms. The van der Waals surface area contributed by atoms with Crippen molar-refractivity contribution in [3.63, 3.8) is 0 Å². The number of hydrogen-bond donors (Lipinski definition) is 2. The zero-order valence-corrected chi connectivity index (χ0v) is 13.4. The van der Waals surface area contributed by atoms with Gasteiger partial charge >= 0.3 is 0 Å². The van der Waals surface area contributed by atoms with Gasteiger partial charge in [-0.25, -0.2) is 0 Å². The predicted molar refractivity (Wildman–Crippen MR) is 93.7 cm³/mol. The van der Waals surface area contributed by atoms with Crippen LogP contribution in [0.1, 0.15) is 21.8 Å². The van der Waals surface area contributed by atoms with E-state index in [1.807, 2.05) is 41.3 Å². The SMILES string of the molecule is NC[C@@H]1CN(C(=O)c2cccc3[nH]ncc23)C[C@H]1c1ccccc1. The van der Waals surface area contributed by atoms with Crippen LogP contribution in [0.15, 0.2) is 54.7 Å². The Hall–Kier alpha value is -2.66. The highest BCUT2D eigenvalue weighted by molar-refractivity contribution is 6.06. The van der Waals surface area contributed by atoms with Crippen LogP contribution < -0.4 is 5.73 Å². The Labute approximate surface area is 140 Å². The number of nitrogens with zero attached hydrogens (tertiary/aromatic N) is 2. The van der Waals surface area contributed by atoms with Crippen molar-refractivity contribution in [2.45, 2.75) is 5.92 Å². The van der Waals surface area contributed by atoms with E-state index in [1.165, 1.54) is 5.56 Å². The minimum atomic E-state index is 0.0545. The van der Waals surface area contributed by atoms with E-state index >= 15 is 0 Å². The number of carbonyl (C=O) groups excluding carboxylic acids is 1. The number of aromatic nitrogens is 2. The van der Waals surface area contributed by atoms with Crippen LogP contribution in [-0.2, 0) is 0 Å². The van der Waals surface area contributed by atoms with Gasteiger partial charge in [-0.15, -0.1) is 0 Å². The fourth-order valence-corrected chi connectivity index (χ4v) is 3.68. The second-order valence-electron chi connectivity index (χ2n) is 6.36. The third-order valence-corrected chi connectivity index (χ3v) is 4.97. The van der Waals surface area contributed by atoms with Gasteiger partial charge in [0, 0.05) is 24.4 Å². The highest BCUT2D eigenvalue weighted by Crippen LogP contribution is 2.33. The Bertz CT molecular complexity index is 858. The van der Waals surface area contributed by atoms with E-state index in [9.17, 15) is 4.79 Å². The first-order valence-corrected chi connectivity index (χ1v) is 8.24. The molecule has 122 valence electrons. The summed E-state index contributed by atoms with van der Waals surface area (Å²) in [6.45, 7) is 1.99. The molecule has 1 fully saturated rings. The lowest BCUT2D eigenvalue weighted by atomic mass is 9.89. The molecular formula is C19H20N4O. The molecule has 1 saturated heterocycles. The quantitative estimate of drug-likeness (QED) is 0.778. The Morgan fingerprint density at radius 3 is 2.79 bits per heavy atom. The van der Waals surface area contributed by atoms with Gasteiger partial charge in [0.1, 0.15) is 0 Å². The molecule has 1 amide bonds. The second-order valence-corrected chi connectivity index (χ2v) is 6.36. The summed E-state index contributed by atoms with van der Waals surface area (Å²) in [6, 6.07) is 16.0. The second kappa shape index (κ2) is 6.09. The van der Waals surface area contributed by atoms with E-state index < -0.39 is 0 Å². The third kappa shape index (κ3) is 2.47. The van der Waals surface area contributed by atoms with Crippen molar-refractivity contribution in [1.82, 2.24) is 15.1 Å². The van der Waals surface area contributed by atoms with E-state index in [0.717, 1.165) is 10.9 Å². The van der Waals surface area contributed by atoms with E-state index in [2.05, 4.69) is 22.3 Å². The summed E-state index contributed by atoms with van der Waals surface area (Å²) in [4.78, 5) is 15.0. The summed E-state index contributed by atoms with van der Waals surface area (Å²) in [6.07, 6.45) is 1.72. The third-order valence-electron chi connectivity index (χ3n) is 4.97. The molecule has 0 aliphatic carbocycles. The molecule has 0 unspecified atom stereocenters. The molecule has 3 N–H and O–H groups in total. The Morgan fingerprint density at radius 1 is 1.17 bits per heavy atom. The zero-order chi connectivity index (χ0) is 16.5. The Morgan fingerprint density at radius 2 is 2.00 bits per heavy atom. The summed E-state index contributed by atoms with van der Waals surface area (Å²) in [5.41, 5.74) is 8.82. The molecule has 0 radical (unpaired) electrons. The molecule has 5 nitrogen and oxygen atoms in total. The first kappa shape index (κ1) is 14.9. The van der Waals surface area contributed by atoms with Gasteiger partial charge < -0.3 is 10.6 Å². The molecule has 3 aromatic rings. The molecule has 24 heavy (non-hydrogen) atoms. The van der Waals surface area contributed by atoms with Crippen molar-refractivity contribution in [3.8, 4) is 0 Å². The van der Waals surface area contributed by atoms with Gasteiger partial charge in [0.2, 0.25) is 0 Å². The summed E-state index contributed by atoms with van der Waals surface area (Å²) in [5.74, 6) is 0.641. The fraction of sp³-hybridized carbons (Fsp3) is 0.263. The van der Waals surface area contributed by atoms with Crippen molar-refractivity contribution < 1.29 is 4.79 Å². The van der Waals surface area contributed by atoms with Gasteiger partial charge in [0.05, 0.1) is 17.3 Å². The van der Waals surface area contributed by atoms with Crippen LogP contribution in [0.2, 0.25) is 0 Å². The van der Waals surface area contributed by atoms with E-state index in [0.29, 0.717) is 37.0 Å². The minimum Gasteiger partial charge on any atom is -0.338 e. The van der Waals surface area contributed by atoms with E-state index in [-0.39, 0.29) is 5.91 Å². The number of nitrogens with two attached hydrogens (primary N) is 1. The highest BCUT2D eigenvalue weighted by Gasteiger charge is 2.35. The number of benzene rings is 2. The predicted octanol–water partition coefficient (Wildman–Crippen LogP) is 2.38. The summed E-state index contributed by atoms with van der Waals surface area (Å²) in [5, 5.41) is 7.84. The van der Waals surface area contributed by atoms with Crippen LogP contribution in [-0.4, -0.2) is 40.6 Å². The number of aromatic amines is 1. The molecule has 0 spiro atoms. The lowest BCUT2D eigenvalue weighted by Gasteiger charge is -2.17. The Balaban J connectivity index is 1.63. The maximum absolute atomic E-state index is 13.0. The number of nitrogens with one attached hydrogen (secondary N) is 1. The average Bonchev–Trinajstić information content (AvgIpc) is 3.28. The van der Waals surface area contributed by atoms with Crippen molar-refractivity contribution in [2.24, 2.45) is 11.7 Å².